The molecular weight excluding hydrogens is 226 g/mol. The molecule has 0 amide bonds. The van der Waals surface area contributed by atoms with E-state index in [2.05, 4.69) is 36.1 Å². The van der Waals surface area contributed by atoms with Gasteiger partial charge in [-0.1, -0.05) is 0 Å². The number of nitrogens with one attached hydrogen (secondary N) is 1. The first-order valence-corrected chi connectivity index (χ1v) is 6.59. The largest absolute Gasteiger partial charge is 0.373 e. The predicted molar refractivity (Wildman–Crippen MR) is 71.1 cm³/mol. The number of rotatable bonds is 5. The van der Waals surface area contributed by atoms with Crippen LogP contribution in [0.15, 0.2) is 12.3 Å². The van der Waals surface area contributed by atoms with Crippen LogP contribution in [0.2, 0.25) is 0 Å². The number of aromatic nitrogens is 2. The summed E-state index contributed by atoms with van der Waals surface area (Å²) in [5.74, 6) is 1.44. The van der Waals surface area contributed by atoms with Gasteiger partial charge in [-0.2, -0.15) is 0 Å². The summed E-state index contributed by atoms with van der Waals surface area (Å²) in [6.45, 7) is 7.21. The van der Waals surface area contributed by atoms with Gasteiger partial charge in [0.15, 0.2) is 5.82 Å². The highest BCUT2D eigenvalue weighted by molar-refractivity contribution is 5.07. The summed E-state index contributed by atoms with van der Waals surface area (Å²) in [4.78, 5) is 8.96. The Morgan fingerprint density at radius 2 is 2.17 bits per heavy atom. The van der Waals surface area contributed by atoms with E-state index in [1.807, 2.05) is 12.3 Å². The molecule has 1 aromatic rings. The van der Waals surface area contributed by atoms with Crippen LogP contribution in [0.4, 0.5) is 0 Å². The van der Waals surface area contributed by atoms with Gasteiger partial charge < -0.3 is 10.1 Å². The van der Waals surface area contributed by atoms with Gasteiger partial charge in [0.1, 0.15) is 6.10 Å². The number of nitrogens with zero attached hydrogens (tertiary/aromatic N) is 2. The fourth-order valence-corrected chi connectivity index (χ4v) is 1.91. The Morgan fingerprint density at radius 3 is 2.72 bits per heavy atom. The summed E-state index contributed by atoms with van der Waals surface area (Å²) in [6, 6.07) is 1.96. The molecule has 1 aliphatic rings. The van der Waals surface area contributed by atoms with Crippen LogP contribution < -0.4 is 5.32 Å². The average Bonchev–Trinajstić information content (AvgIpc) is 3.12. The second-order valence-electron chi connectivity index (χ2n) is 6.00. The quantitative estimate of drug-likeness (QED) is 0.870. The lowest BCUT2D eigenvalue weighted by Crippen LogP contribution is -2.35. The molecule has 0 bridgehead atoms. The molecular formula is C14H23N3O. The van der Waals surface area contributed by atoms with Crippen molar-refractivity contribution in [2.24, 2.45) is 5.92 Å². The van der Waals surface area contributed by atoms with E-state index in [9.17, 15) is 0 Å². The van der Waals surface area contributed by atoms with Gasteiger partial charge in [-0.15, -0.1) is 0 Å². The van der Waals surface area contributed by atoms with Crippen LogP contribution in [-0.4, -0.2) is 22.6 Å². The monoisotopic (exact) mass is 249 g/mol. The van der Waals surface area contributed by atoms with Gasteiger partial charge in [-0.3, -0.25) is 0 Å². The van der Waals surface area contributed by atoms with Crippen molar-refractivity contribution >= 4 is 0 Å². The van der Waals surface area contributed by atoms with E-state index in [4.69, 9.17) is 4.74 Å². The van der Waals surface area contributed by atoms with Gasteiger partial charge in [0, 0.05) is 25.4 Å². The number of methoxy groups -OCH3 is 1. The molecule has 2 rings (SSSR count). The Kier molecular flexibility index (Phi) is 3.97. The molecule has 0 aromatic carbocycles. The molecule has 1 N–H and O–H groups in total. The third-order valence-corrected chi connectivity index (χ3v) is 3.09. The third kappa shape index (κ3) is 3.75. The Morgan fingerprint density at radius 1 is 1.44 bits per heavy atom. The van der Waals surface area contributed by atoms with Crippen LogP contribution in [0.3, 0.4) is 0 Å². The fraction of sp³-hybridized carbons (Fsp3) is 0.714. The Labute approximate surface area is 109 Å². The zero-order chi connectivity index (χ0) is 13.2. The minimum absolute atomic E-state index is 0.0691. The molecule has 4 nitrogen and oxygen atoms in total. The minimum Gasteiger partial charge on any atom is -0.373 e. The molecule has 0 spiro atoms. The lowest BCUT2D eigenvalue weighted by Gasteiger charge is -2.20. The molecule has 1 heterocycles. The van der Waals surface area contributed by atoms with E-state index in [0.29, 0.717) is 5.92 Å². The summed E-state index contributed by atoms with van der Waals surface area (Å²) >= 11 is 0. The lowest BCUT2D eigenvalue weighted by molar-refractivity contribution is 0.0769. The zero-order valence-corrected chi connectivity index (χ0v) is 11.7. The summed E-state index contributed by atoms with van der Waals surface area (Å²) in [5, 5.41) is 3.44. The van der Waals surface area contributed by atoms with Crippen molar-refractivity contribution in [3.8, 4) is 0 Å². The van der Waals surface area contributed by atoms with E-state index in [1.54, 1.807) is 7.11 Å². The topological polar surface area (TPSA) is 47.0 Å². The van der Waals surface area contributed by atoms with Crippen LogP contribution in [0.25, 0.3) is 0 Å². The first-order valence-electron chi connectivity index (χ1n) is 6.59. The molecule has 1 aromatic heterocycles. The second-order valence-corrected chi connectivity index (χ2v) is 6.00. The maximum Gasteiger partial charge on any atom is 0.157 e. The molecule has 1 atom stereocenters. The summed E-state index contributed by atoms with van der Waals surface area (Å²) in [5.41, 5.74) is 1.13. The molecule has 1 saturated carbocycles. The Bertz CT molecular complexity index is 396. The highest BCUT2D eigenvalue weighted by Crippen LogP contribution is 2.41. The van der Waals surface area contributed by atoms with Crippen LogP contribution in [0, 0.1) is 5.92 Å². The molecule has 0 saturated heterocycles. The van der Waals surface area contributed by atoms with E-state index in [0.717, 1.165) is 18.1 Å². The summed E-state index contributed by atoms with van der Waals surface area (Å²) < 4.78 is 5.52. The number of ether oxygens (including phenoxy) is 1. The molecule has 0 aliphatic heterocycles. The SMILES string of the molecule is COC(c1nccc(CNC(C)(C)C)n1)C1CC1. The van der Waals surface area contributed by atoms with E-state index >= 15 is 0 Å². The highest BCUT2D eigenvalue weighted by Gasteiger charge is 2.34. The van der Waals surface area contributed by atoms with Crippen molar-refractivity contribution < 1.29 is 4.74 Å². The molecule has 18 heavy (non-hydrogen) atoms. The first kappa shape index (κ1) is 13.4. The van der Waals surface area contributed by atoms with Gasteiger partial charge >= 0.3 is 0 Å². The first-order chi connectivity index (χ1) is 8.49. The predicted octanol–water partition coefficient (Wildman–Crippen LogP) is 2.46. The van der Waals surface area contributed by atoms with Crippen molar-refractivity contribution in [1.82, 2.24) is 15.3 Å². The van der Waals surface area contributed by atoms with Gasteiger partial charge in [0.05, 0.1) is 5.69 Å². The number of hydrogen-bond acceptors (Lipinski definition) is 4. The molecule has 4 heteroatoms. The van der Waals surface area contributed by atoms with Crippen LogP contribution in [0.1, 0.15) is 51.2 Å². The van der Waals surface area contributed by atoms with Crippen molar-refractivity contribution in [1.29, 1.82) is 0 Å². The second kappa shape index (κ2) is 5.33. The summed E-state index contributed by atoms with van der Waals surface area (Å²) in [7, 11) is 1.74. The van der Waals surface area contributed by atoms with Gasteiger partial charge in [0.25, 0.3) is 0 Å². The standard InChI is InChI=1S/C14H23N3O/c1-14(2,3)16-9-11-7-8-15-13(17-11)12(18-4)10-5-6-10/h7-8,10,12,16H,5-6,9H2,1-4H3. The Balaban J connectivity index is 2.04. The molecule has 1 aliphatic carbocycles. The number of hydrogen-bond donors (Lipinski definition) is 1. The maximum absolute atomic E-state index is 5.52. The molecule has 1 unspecified atom stereocenters. The highest BCUT2D eigenvalue weighted by atomic mass is 16.5. The fourth-order valence-electron chi connectivity index (χ4n) is 1.91. The molecule has 100 valence electrons. The van der Waals surface area contributed by atoms with Crippen LogP contribution >= 0.6 is 0 Å². The van der Waals surface area contributed by atoms with Crippen LogP contribution in [-0.2, 0) is 11.3 Å². The normalized spacial score (nSPS) is 17.8. The van der Waals surface area contributed by atoms with Crippen molar-refractivity contribution in [3.05, 3.63) is 23.8 Å². The Hall–Kier alpha value is -1.00. The minimum atomic E-state index is 0.0691. The molecule has 1 fully saturated rings. The van der Waals surface area contributed by atoms with Crippen molar-refractivity contribution in [2.45, 2.75) is 51.8 Å². The zero-order valence-electron chi connectivity index (χ0n) is 11.7. The van der Waals surface area contributed by atoms with Crippen molar-refractivity contribution in [3.63, 3.8) is 0 Å². The van der Waals surface area contributed by atoms with E-state index in [1.165, 1.54) is 12.8 Å². The third-order valence-electron chi connectivity index (χ3n) is 3.09. The van der Waals surface area contributed by atoms with E-state index < -0.39 is 0 Å². The smallest absolute Gasteiger partial charge is 0.157 e. The van der Waals surface area contributed by atoms with Gasteiger partial charge in [-0.05, 0) is 45.6 Å². The van der Waals surface area contributed by atoms with Gasteiger partial charge in [0.2, 0.25) is 0 Å². The average molecular weight is 249 g/mol. The van der Waals surface area contributed by atoms with Crippen LogP contribution in [0.5, 0.6) is 0 Å². The van der Waals surface area contributed by atoms with E-state index in [-0.39, 0.29) is 11.6 Å². The summed E-state index contributed by atoms with van der Waals surface area (Å²) in [6.07, 6.45) is 4.36. The maximum atomic E-state index is 5.52. The van der Waals surface area contributed by atoms with Crippen molar-refractivity contribution in [2.75, 3.05) is 7.11 Å². The molecule has 0 radical (unpaired) electrons. The lowest BCUT2D eigenvalue weighted by atomic mass is 10.1. The van der Waals surface area contributed by atoms with Gasteiger partial charge in [-0.25, -0.2) is 9.97 Å².